The van der Waals surface area contributed by atoms with Gasteiger partial charge in [0.25, 0.3) is 0 Å². The first-order valence-corrected chi connectivity index (χ1v) is 5.29. The van der Waals surface area contributed by atoms with Crippen molar-refractivity contribution >= 4 is 11.4 Å². The lowest BCUT2D eigenvalue weighted by Gasteiger charge is -2.08. The number of nitrogen functional groups attached to an aromatic ring is 2. The normalized spacial score (nSPS) is 10.4. The van der Waals surface area contributed by atoms with Crippen LogP contribution in [0.3, 0.4) is 0 Å². The van der Waals surface area contributed by atoms with Crippen molar-refractivity contribution in [3.8, 4) is 0 Å². The van der Waals surface area contributed by atoms with E-state index in [4.69, 9.17) is 11.5 Å². The first kappa shape index (κ1) is 10.9. The zero-order valence-corrected chi connectivity index (χ0v) is 9.14. The molecule has 0 saturated heterocycles. The second-order valence-electron chi connectivity index (χ2n) is 3.86. The number of benzene rings is 1. The molecule has 0 fully saturated rings. The van der Waals surface area contributed by atoms with E-state index in [1.165, 1.54) is 24.8 Å². The van der Waals surface area contributed by atoms with Crippen LogP contribution in [0.1, 0.15) is 37.3 Å². The first-order valence-electron chi connectivity index (χ1n) is 5.29. The predicted octanol–water partition coefficient (Wildman–Crippen LogP) is 2.89. The molecule has 1 aromatic rings. The topological polar surface area (TPSA) is 52.0 Å². The molecule has 0 spiro atoms. The van der Waals surface area contributed by atoms with Crippen molar-refractivity contribution in [3.63, 3.8) is 0 Å². The Bertz CT molecular complexity index is 282. The molecule has 0 heterocycles. The number of nitrogens with two attached hydrogens (primary N) is 2. The molecule has 0 unspecified atom stereocenters. The van der Waals surface area contributed by atoms with E-state index in [1.54, 1.807) is 0 Å². The third-order valence-electron chi connectivity index (χ3n) is 2.62. The van der Waals surface area contributed by atoms with Gasteiger partial charge in [-0.3, -0.25) is 0 Å². The molecule has 2 heteroatoms. The molecule has 0 bridgehead atoms. The molecular formula is C12H20N2. The van der Waals surface area contributed by atoms with E-state index < -0.39 is 0 Å². The maximum atomic E-state index is 5.85. The molecule has 0 radical (unpaired) electrons. The van der Waals surface area contributed by atoms with Crippen LogP contribution in [-0.2, 0) is 6.42 Å². The van der Waals surface area contributed by atoms with E-state index in [0.717, 1.165) is 23.4 Å². The van der Waals surface area contributed by atoms with Crippen LogP contribution in [0.2, 0.25) is 0 Å². The predicted molar refractivity (Wildman–Crippen MR) is 63.2 cm³/mol. The van der Waals surface area contributed by atoms with Gasteiger partial charge in [-0.15, -0.1) is 0 Å². The maximum absolute atomic E-state index is 5.85. The van der Waals surface area contributed by atoms with Gasteiger partial charge in [0.1, 0.15) is 0 Å². The van der Waals surface area contributed by atoms with Crippen LogP contribution in [-0.4, -0.2) is 0 Å². The molecule has 0 aliphatic heterocycles. The van der Waals surface area contributed by atoms with Crippen LogP contribution >= 0.6 is 0 Å². The Hall–Kier alpha value is -1.18. The summed E-state index contributed by atoms with van der Waals surface area (Å²) in [7, 11) is 0. The number of hydrogen-bond acceptors (Lipinski definition) is 2. The summed E-state index contributed by atoms with van der Waals surface area (Å²) in [5.74, 6) is 0. The van der Waals surface area contributed by atoms with Crippen molar-refractivity contribution in [2.45, 2.75) is 39.5 Å². The zero-order valence-electron chi connectivity index (χ0n) is 9.14. The number of hydrogen-bond donors (Lipinski definition) is 2. The van der Waals surface area contributed by atoms with E-state index in [2.05, 4.69) is 6.92 Å². The van der Waals surface area contributed by atoms with Gasteiger partial charge < -0.3 is 11.5 Å². The van der Waals surface area contributed by atoms with Gasteiger partial charge in [-0.25, -0.2) is 0 Å². The highest BCUT2D eigenvalue weighted by Crippen LogP contribution is 2.21. The summed E-state index contributed by atoms with van der Waals surface area (Å²) in [6.45, 7) is 4.17. The Morgan fingerprint density at radius 1 is 1.07 bits per heavy atom. The van der Waals surface area contributed by atoms with E-state index in [0.29, 0.717) is 0 Å². The van der Waals surface area contributed by atoms with Crippen LogP contribution in [0, 0.1) is 6.92 Å². The molecule has 14 heavy (non-hydrogen) atoms. The molecule has 78 valence electrons. The van der Waals surface area contributed by atoms with E-state index in [-0.39, 0.29) is 0 Å². The van der Waals surface area contributed by atoms with Crippen LogP contribution in [0.5, 0.6) is 0 Å². The Morgan fingerprint density at radius 3 is 2.14 bits per heavy atom. The Kier molecular flexibility index (Phi) is 3.81. The number of anilines is 2. The quantitative estimate of drug-likeness (QED) is 0.569. The lowest BCUT2D eigenvalue weighted by molar-refractivity contribution is 0.717. The number of aryl methyl sites for hydroxylation is 1. The van der Waals surface area contributed by atoms with Crippen LogP contribution < -0.4 is 11.5 Å². The lowest BCUT2D eigenvalue weighted by atomic mass is 10.0. The van der Waals surface area contributed by atoms with E-state index >= 15 is 0 Å². The fourth-order valence-corrected chi connectivity index (χ4v) is 1.55. The van der Waals surface area contributed by atoms with Gasteiger partial charge in [0, 0.05) is 11.4 Å². The van der Waals surface area contributed by atoms with Crippen LogP contribution in [0.25, 0.3) is 0 Å². The monoisotopic (exact) mass is 192 g/mol. The fraction of sp³-hybridized carbons (Fsp3) is 0.500. The Balaban J connectivity index is 2.69. The van der Waals surface area contributed by atoms with Crippen molar-refractivity contribution in [2.24, 2.45) is 0 Å². The Labute approximate surface area is 86.3 Å². The molecular weight excluding hydrogens is 172 g/mol. The summed E-state index contributed by atoms with van der Waals surface area (Å²) >= 11 is 0. The first-order chi connectivity index (χ1) is 6.65. The third-order valence-corrected chi connectivity index (χ3v) is 2.62. The molecule has 1 aromatic carbocycles. The summed E-state index contributed by atoms with van der Waals surface area (Å²) in [6, 6.07) is 4.09. The molecule has 0 aliphatic rings. The average molecular weight is 192 g/mol. The summed E-state index contributed by atoms with van der Waals surface area (Å²) in [4.78, 5) is 0. The van der Waals surface area contributed by atoms with E-state index in [9.17, 15) is 0 Å². The van der Waals surface area contributed by atoms with Gasteiger partial charge in [0.05, 0.1) is 0 Å². The second kappa shape index (κ2) is 4.89. The average Bonchev–Trinajstić information content (AvgIpc) is 2.14. The minimum absolute atomic E-state index is 0.816. The lowest BCUT2D eigenvalue weighted by Crippen LogP contribution is -1.98. The zero-order chi connectivity index (χ0) is 10.6. The Morgan fingerprint density at radius 2 is 1.64 bits per heavy atom. The van der Waals surface area contributed by atoms with Crippen molar-refractivity contribution in [1.29, 1.82) is 0 Å². The summed E-state index contributed by atoms with van der Waals surface area (Å²) in [5.41, 5.74) is 15.6. The highest BCUT2D eigenvalue weighted by Gasteiger charge is 2.01. The van der Waals surface area contributed by atoms with Gasteiger partial charge in [-0.1, -0.05) is 19.8 Å². The van der Waals surface area contributed by atoms with Crippen molar-refractivity contribution < 1.29 is 0 Å². The molecule has 2 nitrogen and oxygen atoms in total. The molecule has 0 aromatic heterocycles. The summed E-state index contributed by atoms with van der Waals surface area (Å²) in [5, 5.41) is 0. The minimum Gasteiger partial charge on any atom is -0.398 e. The molecule has 1 rings (SSSR count). The largest absolute Gasteiger partial charge is 0.398 e. The van der Waals surface area contributed by atoms with Gasteiger partial charge in [0.15, 0.2) is 0 Å². The van der Waals surface area contributed by atoms with Crippen LogP contribution in [0.4, 0.5) is 11.4 Å². The molecule has 0 aliphatic carbocycles. The van der Waals surface area contributed by atoms with Gasteiger partial charge in [0.2, 0.25) is 0 Å². The van der Waals surface area contributed by atoms with Gasteiger partial charge >= 0.3 is 0 Å². The molecule has 4 N–H and O–H groups in total. The maximum Gasteiger partial charge on any atom is 0.0367 e. The highest BCUT2D eigenvalue weighted by molar-refractivity contribution is 5.62. The standard InChI is InChI=1S/C12H20N2/c1-3-4-5-6-10-7-11(13)9(2)12(14)8-10/h7-8H,3-6,13-14H2,1-2H3. The number of unbranched alkanes of at least 4 members (excludes halogenated alkanes) is 2. The molecule has 0 atom stereocenters. The van der Waals surface area contributed by atoms with Gasteiger partial charge in [-0.05, 0) is 43.0 Å². The van der Waals surface area contributed by atoms with Crippen LogP contribution in [0.15, 0.2) is 12.1 Å². The second-order valence-corrected chi connectivity index (χ2v) is 3.86. The number of rotatable bonds is 4. The molecule has 0 amide bonds. The highest BCUT2D eigenvalue weighted by atomic mass is 14.6. The smallest absolute Gasteiger partial charge is 0.0367 e. The van der Waals surface area contributed by atoms with Crippen molar-refractivity contribution in [1.82, 2.24) is 0 Å². The molecule has 0 saturated carbocycles. The third kappa shape index (κ3) is 2.66. The summed E-state index contributed by atoms with van der Waals surface area (Å²) in [6.07, 6.45) is 4.82. The SMILES string of the molecule is CCCCCc1cc(N)c(C)c(N)c1. The minimum atomic E-state index is 0.816. The summed E-state index contributed by atoms with van der Waals surface area (Å²) < 4.78 is 0. The van der Waals surface area contributed by atoms with E-state index in [1.807, 2.05) is 19.1 Å². The van der Waals surface area contributed by atoms with Crippen molar-refractivity contribution in [2.75, 3.05) is 11.5 Å². The van der Waals surface area contributed by atoms with Gasteiger partial charge in [-0.2, -0.15) is 0 Å². The fourth-order valence-electron chi connectivity index (χ4n) is 1.55. The van der Waals surface area contributed by atoms with Crippen molar-refractivity contribution in [3.05, 3.63) is 23.3 Å².